The minimum absolute atomic E-state index is 0.0175. The summed E-state index contributed by atoms with van der Waals surface area (Å²) >= 11 is 0. The SMILES string of the molecule is CC(C)(C)OC(=O)OCOc1ccccc1C(=O)OOC(=O)c1ccccc1. The maximum Gasteiger partial charge on any atom is 0.511 e. The highest BCUT2D eigenvalue weighted by Gasteiger charge is 2.20. The molecule has 0 amide bonds. The lowest BCUT2D eigenvalue weighted by molar-refractivity contribution is -0.187. The van der Waals surface area contributed by atoms with Crippen molar-refractivity contribution in [2.24, 2.45) is 0 Å². The van der Waals surface area contributed by atoms with Crippen molar-refractivity contribution in [2.45, 2.75) is 26.4 Å². The standard InChI is InChI=1S/C20H20O8/c1-20(2,3)26-19(23)25-13-24-16-12-8-7-11-15(16)18(22)28-27-17(21)14-9-5-4-6-10-14/h4-12H,13H2,1-3H3. The van der Waals surface area contributed by atoms with E-state index in [2.05, 4.69) is 9.78 Å². The van der Waals surface area contributed by atoms with Gasteiger partial charge in [-0.25, -0.2) is 24.2 Å². The van der Waals surface area contributed by atoms with E-state index in [-0.39, 0.29) is 16.9 Å². The Morgan fingerprint density at radius 2 is 1.43 bits per heavy atom. The Labute approximate surface area is 161 Å². The lowest BCUT2D eigenvalue weighted by Gasteiger charge is -2.18. The first-order valence-electron chi connectivity index (χ1n) is 8.32. The highest BCUT2D eigenvalue weighted by molar-refractivity contribution is 5.94. The van der Waals surface area contributed by atoms with E-state index in [9.17, 15) is 14.4 Å². The molecule has 2 rings (SSSR count). The summed E-state index contributed by atoms with van der Waals surface area (Å²) in [6.45, 7) is 4.59. The second-order valence-electron chi connectivity index (χ2n) is 6.47. The maximum atomic E-state index is 12.2. The molecule has 0 aliphatic carbocycles. The summed E-state index contributed by atoms with van der Waals surface area (Å²) in [5.74, 6) is -1.69. The van der Waals surface area contributed by atoms with Crippen LogP contribution in [-0.2, 0) is 19.2 Å². The number of carbonyl (C=O) groups excluding carboxylic acids is 3. The summed E-state index contributed by atoms with van der Waals surface area (Å²) in [6.07, 6.45) is -0.913. The molecule has 0 radical (unpaired) electrons. The van der Waals surface area contributed by atoms with Crippen LogP contribution in [0.15, 0.2) is 54.6 Å². The number of para-hydroxylation sites is 1. The summed E-state index contributed by atoms with van der Waals surface area (Å²) in [4.78, 5) is 44.6. The molecule has 148 valence electrons. The van der Waals surface area contributed by atoms with Gasteiger partial charge < -0.3 is 14.2 Å². The molecule has 0 saturated carbocycles. The van der Waals surface area contributed by atoms with Crippen LogP contribution in [0.2, 0.25) is 0 Å². The van der Waals surface area contributed by atoms with Gasteiger partial charge in [0.1, 0.15) is 16.9 Å². The summed E-state index contributed by atoms with van der Waals surface area (Å²) in [6, 6.07) is 14.1. The highest BCUT2D eigenvalue weighted by atomic mass is 17.2. The average molecular weight is 388 g/mol. The van der Waals surface area contributed by atoms with E-state index in [4.69, 9.17) is 14.2 Å². The van der Waals surface area contributed by atoms with Crippen LogP contribution in [0.1, 0.15) is 41.5 Å². The number of ether oxygens (including phenoxy) is 3. The van der Waals surface area contributed by atoms with Gasteiger partial charge in [0.05, 0.1) is 5.56 Å². The summed E-state index contributed by atoms with van der Waals surface area (Å²) < 4.78 is 15.0. The maximum absolute atomic E-state index is 12.2. The Morgan fingerprint density at radius 1 is 0.821 bits per heavy atom. The molecule has 28 heavy (non-hydrogen) atoms. The topological polar surface area (TPSA) is 97.4 Å². The van der Waals surface area contributed by atoms with Crippen molar-refractivity contribution >= 4 is 18.1 Å². The van der Waals surface area contributed by atoms with Gasteiger partial charge in [0.15, 0.2) is 0 Å². The van der Waals surface area contributed by atoms with Crippen molar-refractivity contribution in [3.63, 3.8) is 0 Å². The van der Waals surface area contributed by atoms with Crippen LogP contribution >= 0.6 is 0 Å². The van der Waals surface area contributed by atoms with Crippen LogP contribution in [-0.4, -0.2) is 30.5 Å². The lowest BCUT2D eigenvalue weighted by Crippen LogP contribution is -2.25. The first-order valence-corrected chi connectivity index (χ1v) is 8.32. The van der Waals surface area contributed by atoms with Crippen LogP contribution in [0.3, 0.4) is 0 Å². The average Bonchev–Trinajstić information content (AvgIpc) is 2.65. The molecular formula is C20H20O8. The van der Waals surface area contributed by atoms with Crippen molar-refractivity contribution in [1.82, 2.24) is 0 Å². The molecule has 2 aromatic rings. The molecule has 0 aliphatic heterocycles. The monoisotopic (exact) mass is 388 g/mol. The number of carbonyl (C=O) groups is 3. The van der Waals surface area contributed by atoms with Crippen molar-refractivity contribution < 1.29 is 38.4 Å². The molecule has 0 unspecified atom stereocenters. The van der Waals surface area contributed by atoms with Gasteiger partial charge in [0, 0.05) is 0 Å². The summed E-state index contributed by atoms with van der Waals surface area (Å²) in [5, 5.41) is 0. The molecule has 0 spiro atoms. The fraction of sp³-hybridized carbons (Fsp3) is 0.250. The lowest BCUT2D eigenvalue weighted by atomic mass is 10.2. The zero-order valence-corrected chi connectivity index (χ0v) is 15.7. The van der Waals surface area contributed by atoms with Gasteiger partial charge >= 0.3 is 18.1 Å². The Bertz CT molecular complexity index is 824. The van der Waals surface area contributed by atoms with E-state index in [0.717, 1.165) is 0 Å². The second kappa shape index (κ2) is 9.40. The van der Waals surface area contributed by atoms with Gasteiger partial charge in [-0.05, 0) is 45.0 Å². The highest BCUT2D eigenvalue weighted by Crippen LogP contribution is 2.19. The first kappa shape index (κ1) is 20.8. The summed E-state index contributed by atoms with van der Waals surface area (Å²) in [7, 11) is 0. The van der Waals surface area contributed by atoms with Crippen molar-refractivity contribution in [3.05, 3.63) is 65.7 Å². The van der Waals surface area contributed by atoms with Crippen LogP contribution in [0.5, 0.6) is 5.75 Å². The van der Waals surface area contributed by atoms with Crippen LogP contribution in [0.25, 0.3) is 0 Å². The number of benzene rings is 2. The predicted molar refractivity (Wildman–Crippen MR) is 96.5 cm³/mol. The fourth-order valence-corrected chi connectivity index (χ4v) is 1.92. The van der Waals surface area contributed by atoms with Crippen LogP contribution in [0.4, 0.5) is 4.79 Å². The van der Waals surface area contributed by atoms with E-state index in [1.54, 1.807) is 51.1 Å². The van der Waals surface area contributed by atoms with Gasteiger partial charge in [-0.3, -0.25) is 0 Å². The molecule has 2 aromatic carbocycles. The molecule has 0 aromatic heterocycles. The van der Waals surface area contributed by atoms with Crippen molar-refractivity contribution in [1.29, 1.82) is 0 Å². The van der Waals surface area contributed by atoms with Gasteiger partial charge in [-0.1, -0.05) is 30.3 Å². The van der Waals surface area contributed by atoms with Gasteiger partial charge in [-0.2, -0.15) is 0 Å². The zero-order chi connectivity index (χ0) is 20.6. The van der Waals surface area contributed by atoms with Gasteiger partial charge in [0.25, 0.3) is 0 Å². The van der Waals surface area contributed by atoms with Gasteiger partial charge in [0.2, 0.25) is 6.79 Å². The molecular weight excluding hydrogens is 368 g/mol. The summed E-state index contributed by atoms with van der Waals surface area (Å²) in [5.41, 5.74) is -0.497. The van der Waals surface area contributed by atoms with E-state index in [1.807, 2.05) is 0 Å². The normalized spacial score (nSPS) is 10.5. The third kappa shape index (κ3) is 6.64. The number of hydrogen-bond acceptors (Lipinski definition) is 8. The molecule has 0 N–H and O–H groups in total. The molecule has 0 fully saturated rings. The van der Waals surface area contributed by atoms with E-state index in [0.29, 0.717) is 0 Å². The van der Waals surface area contributed by atoms with E-state index < -0.39 is 30.5 Å². The van der Waals surface area contributed by atoms with Crippen molar-refractivity contribution in [3.8, 4) is 5.75 Å². The molecule has 0 heterocycles. The minimum Gasteiger partial charge on any atom is -0.456 e. The molecule has 0 aliphatic rings. The second-order valence-corrected chi connectivity index (χ2v) is 6.47. The smallest absolute Gasteiger partial charge is 0.456 e. The zero-order valence-electron chi connectivity index (χ0n) is 15.7. The molecule has 0 saturated heterocycles. The largest absolute Gasteiger partial charge is 0.511 e. The molecule has 0 atom stereocenters. The van der Waals surface area contributed by atoms with Crippen molar-refractivity contribution in [2.75, 3.05) is 6.79 Å². The number of hydrogen-bond donors (Lipinski definition) is 0. The quantitative estimate of drug-likeness (QED) is 0.329. The fourth-order valence-electron chi connectivity index (χ4n) is 1.92. The third-order valence-electron chi connectivity index (χ3n) is 3.09. The molecule has 0 bridgehead atoms. The Kier molecular flexibility index (Phi) is 6.97. The Morgan fingerprint density at radius 3 is 2.11 bits per heavy atom. The van der Waals surface area contributed by atoms with Crippen LogP contribution < -0.4 is 4.74 Å². The molecule has 8 heteroatoms. The minimum atomic E-state index is -0.947. The Balaban J connectivity index is 1.90. The Hall–Kier alpha value is -3.55. The third-order valence-corrected chi connectivity index (χ3v) is 3.09. The molecule has 8 nitrogen and oxygen atoms in total. The van der Waals surface area contributed by atoms with Gasteiger partial charge in [-0.15, -0.1) is 0 Å². The predicted octanol–water partition coefficient (Wildman–Crippen LogP) is 3.90. The first-order chi connectivity index (χ1) is 13.3. The van der Waals surface area contributed by atoms with E-state index in [1.165, 1.54) is 24.3 Å². The van der Waals surface area contributed by atoms with Crippen LogP contribution in [0, 0.1) is 0 Å². The van der Waals surface area contributed by atoms with E-state index >= 15 is 0 Å². The number of rotatable bonds is 5.